The molecule has 4 heteroatoms. The number of rotatable bonds is 8. The Balaban J connectivity index is 1.56. The molecule has 2 aliphatic heterocycles. The normalized spacial score (nSPS) is 21.5. The molecule has 0 amide bonds. The lowest BCUT2D eigenvalue weighted by molar-refractivity contribution is 0.104. The van der Waals surface area contributed by atoms with Gasteiger partial charge in [-0.2, -0.15) is 0 Å². The van der Waals surface area contributed by atoms with Crippen LogP contribution in [0.1, 0.15) is 57.6 Å². The van der Waals surface area contributed by atoms with E-state index in [1.165, 1.54) is 68.6 Å². The second-order valence-electron chi connectivity index (χ2n) is 8.70. The minimum absolute atomic E-state index is 0.249. The van der Waals surface area contributed by atoms with Gasteiger partial charge in [0.1, 0.15) is 0 Å². The van der Waals surface area contributed by atoms with Crippen molar-refractivity contribution in [2.75, 3.05) is 39.8 Å². The van der Waals surface area contributed by atoms with Crippen molar-refractivity contribution in [1.82, 2.24) is 14.7 Å². The molecule has 0 saturated carbocycles. The van der Waals surface area contributed by atoms with Gasteiger partial charge in [0.2, 0.25) is 0 Å². The van der Waals surface area contributed by atoms with Gasteiger partial charge in [-0.25, -0.2) is 0 Å². The molecule has 2 fully saturated rings. The molecule has 0 spiro atoms. The maximum Gasteiger partial charge on any atom is 0.0990 e. The Morgan fingerprint density at radius 2 is 1.93 bits per heavy atom. The fourth-order valence-corrected chi connectivity index (χ4v) is 4.60. The molecule has 3 rings (SSSR count). The van der Waals surface area contributed by atoms with Gasteiger partial charge >= 0.3 is 0 Å². The molecular weight excluding hydrogens is 356 g/mol. The van der Waals surface area contributed by atoms with E-state index in [1.54, 1.807) is 0 Å². The van der Waals surface area contributed by atoms with Crippen LogP contribution in [-0.4, -0.2) is 72.9 Å². The summed E-state index contributed by atoms with van der Waals surface area (Å²) in [4.78, 5) is 12.5. The summed E-state index contributed by atoms with van der Waals surface area (Å²) in [6.07, 6.45) is 9.88. The first kappa shape index (κ1) is 22.2. The topological polar surface area (TPSA) is 22.1 Å². The first-order chi connectivity index (χ1) is 14.1. The van der Waals surface area contributed by atoms with Gasteiger partial charge in [-0.3, -0.25) is 9.89 Å². The van der Waals surface area contributed by atoms with Crippen molar-refractivity contribution >= 4 is 11.8 Å². The fourth-order valence-electron chi connectivity index (χ4n) is 4.60. The second-order valence-corrected chi connectivity index (χ2v) is 8.70. The lowest BCUT2D eigenvalue weighted by atomic mass is 10.0. The molecule has 1 atom stereocenters. The lowest BCUT2D eigenvalue weighted by Gasteiger charge is -2.38. The quantitative estimate of drug-likeness (QED) is 0.603. The summed E-state index contributed by atoms with van der Waals surface area (Å²) in [6, 6.07) is 9.69. The Labute approximate surface area is 178 Å². The summed E-state index contributed by atoms with van der Waals surface area (Å²) in [6.45, 7) is 13.6. The molecule has 4 nitrogen and oxygen atoms in total. The molecule has 2 aliphatic rings. The molecule has 2 saturated heterocycles. The molecule has 1 aromatic carbocycles. The Morgan fingerprint density at radius 1 is 1.21 bits per heavy atom. The van der Waals surface area contributed by atoms with Crippen LogP contribution in [0.15, 0.2) is 35.3 Å². The highest BCUT2D eigenvalue weighted by Crippen LogP contribution is 2.23. The first-order valence-electron chi connectivity index (χ1n) is 11.6. The van der Waals surface area contributed by atoms with Crippen LogP contribution in [0.3, 0.4) is 0 Å². The van der Waals surface area contributed by atoms with E-state index in [0.29, 0.717) is 0 Å². The van der Waals surface area contributed by atoms with Crippen LogP contribution in [-0.2, 0) is 6.54 Å². The summed E-state index contributed by atoms with van der Waals surface area (Å²) in [7, 11) is 2.17. The lowest BCUT2D eigenvalue weighted by Crippen LogP contribution is -2.46. The van der Waals surface area contributed by atoms with Crippen molar-refractivity contribution < 1.29 is 0 Å². The van der Waals surface area contributed by atoms with Crippen LogP contribution >= 0.6 is 0 Å². The third-order valence-electron chi connectivity index (χ3n) is 6.68. The largest absolute Gasteiger partial charge is 0.302 e. The third kappa shape index (κ3) is 6.24. The average molecular weight is 397 g/mol. The number of nitrogens with zero attached hydrogens (tertiary/aromatic N) is 4. The van der Waals surface area contributed by atoms with Crippen LogP contribution in [0.5, 0.6) is 0 Å². The SMILES string of the molecule is C/C=C(\C=NC(C)N1CCC(N2CCCC2)CC1)c1cccc(CN(C)CC)c1. The first-order valence-corrected chi connectivity index (χ1v) is 11.6. The number of hydrogen-bond donors (Lipinski definition) is 0. The van der Waals surface area contributed by atoms with E-state index in [1.807, 2.05) is 0 Å². The summed E-state index contributed by atoms with van der Waals surface area (Å²) in [5.41, 5.74) is 3.83. The highest BCUT2D eigenvalue weighted by atomic mass is 15.3. The van der Waals surface area contributed by atoms with E-state index in [0.717, 1.165) is 19.1 Å². The standard InChI is InChI=1S/C25H40N4/c1-5-23(24-11-9-10-22(18-24)20-27(4)6-2)19-26-21(3)28-16-12-25(13-17-28)29-14-7-8-15-29/h5,9-11,18-19,21,25H,6-8,12-17,20H2,1-4H3/b23-5+,26-19?. The maximum atomic E-state index is 4.93. The monoisotopic (exact) mass is 396 g/mol. The molecule has 1 aromatic rings. The van der Waals surface area contributed by atoms with Gasteiger partial charge in [-0.1, -0.05) is 31.2 Å². The molecule has 29 heavy (non-hydrogen) atoms. The molecule has 0 aromatic heterocycles. The number of piperidine rings is 1. The number of allylic oxidation sites excluding steroid dienone is 2. The molecule has 0 N–H and O–H groups in total. The Morgan fingerprint density at radius 3 is 2.59 bits per heavy atom. The van der Waals surface area contributed by atoms with E-state index >= 15 is 0 Å². The van der Waals surface area contributed by atoms with Gasteiger partial charge < -0.3 is 9.80 Å². The zero-order valence-corrected chi connectivity index (χ0v) is 19.0. The smallest absolute Gasteiger partial charge is 0.0990 e. The van der Waals surface area contributed by atoms with Crippen LogP contribution < -0.4 is 0 Å². The van der Waals surface area contributed by atoms with E-state index in [-0.39, 0.29) is 6.17 Å². The molecule has 1 unspecified atom stereocenters. The van der Waals surface area contributed by atoms with E-state index in [4.69, 9.17) is 4.99 Å². The molecule has 160 valence electrons. The van der Waals surface area contributed by atoms with Crippen LogP contribution in [0, 0.1) is 0 Å². The van der Waals surface area contributed by atoms with Gasteiger partial charge in [0.05, 0.1) is 6.17 Å². The van der Waals surface area contributed by atoms with Crippen molar-refractivity contribution in [2.45, 2.75) is 65.2 Å². The number of likely N-dealkylation sites (tertiary alicyclic amines) is 2. The summed E-state index contributed by atoms with van der Waals surface area (Å²) < 4.78 is 0. The number of hydrogen-bond acceptors (Lipinski definition) is 4. The predicted octanol–water partition coefficient (Wildman–Crippen LogP) is 4.52. The van der Waals surface area contributed by atoms with Crippen molar-refractivity contribution in [3.63, 3.8) is 0 Å². The minimum Gasteiger partial charge on any atom is -0.302 e. The van der Waals surface area contributed by atoms with Crippen molar-refractivity contribution in [2.24, 2.45) is 4.99 Å². The zero-order valence-electron chi connectivity index (χ0n) is 19.0. The van der Waals surface area contributed by atoms with Gasteiger partial charge in [-0.15, -0.1) is 0 Å². The molecule has 0 bridgehead atoms. The van der Waals surface area contributed by atoms with Crippen LogP contribution in [0.4, 0.5) is 0 Å². The molecule has 0 radical (unpaired) electrons. The van der Waals surface area contributed by atoms with Crippen molar-refractivity contribution in [3.8, 4) is 0 Å². The zero-order chi connectivity index (χ0) is 20.6. The highest BCUT2D eigenvalue weighted by Gasteiger charge is 2.27. The van der Waals surface area contributed by atoms with E-state index in [2.05, 4.69) is 79.1 Å². The van der Waals surface area contributed by atoms with Gasteiger partial charge in [0.25, 0.3) is 0 Å². The number of benzene rings is 1. The molecular formula is C25H40N4. The summed E-state index contributed by atoms with van der Waals surface area (Å²) in [5, 5.41) is 0. The summed E-state index contributed by atoms with van der Waals surface area (Å²) in [5.74, 6) is 0. The Hall–Kier alpha value is -1.49. The van der Waals surface area contributed by atoms with E-state index in [9.17, 15) is 0 Å². The molecule has 0 aliphatic carbocycles. The maximum absolute atomic E-state index is 4.93. The van der Waals surface area contributed by atoms with Gasteiger partial charge in [0.15, 0.2) is 0 Å². The minimum atomic E-state index is 0.249. The third-order valence-corrected chi connectivity index (χ3v) is 6.68. The van der Waals surface area contributed by atoms with Crippen LogP contribution in [0.25, 0.3) is 5.57 Å². The summed E-state index contributed by atoms with van der Waals surface area (Å²) >= 11 is 0. The van der Waals surface area contributed by atoms with Crippen molar-refractivity contribution in [3.05, 3.63) is 41.5 Å². The Kier molecular flexibility index (Phi) is 8.46. The average Bonchev–Trinajstić information content (AvgIpc) is 3.29. The number of aliphatic imine (C=N–C) groups is 1. The highest BCUT2D eigenvalue weighted by molar-refractivity contribution is 6.09. The van der Waals surface area contributed by atoms with Gasteiger partial charge in [-0.05, 0) is 89.0 Å². The van der Waals surface area contributed by atoms with Gasteiger partial charge in [0, 0.05) is 31.9 Å². The second kappa shape index (κ2) is 11.1. The van der Waals surface area contributed by atoms with Crippen molar-refractivity contribution in [1.29, 1.82) is 0 Å². The molecule has 2 heterocycles. The van der Waals surface area contributed by atoms with Crippen LogP contribution in [0.2, 0.25) is 0 Å². The Bertz CT molecular complexity index is 682. The predicted molar refractivity (Wildman–Crippen MR) is 125 cm³/mol. The fraction of sp³-hybridized carbons (Fsp3) is 0.640. The van der Waals surface area contributed by atoms with E-state index < -0.39 is 0 Å².